The van der Waals surface area contributed by atoms with Crippen LogP contribution in [0.1, 0.15) is 5.56 Å². The van der Waals surface area contributed by atoms with Gasteiger partial charge in [-0.25, -0.2) is 0 Å². The Hall–Kier alpha value is -1.71. The first-order chi connectivity index (χ1) is 10.2. The number of rotatable bonds is 6. The molecule has 0 radical (unpaired) electrons. The van der Waals surface area contributed by atoms with E-state index in [9.17, 15) is 4.79 Å². The van der Waals surface area contributed by atoms with Gasteiger partial charge in [-0.3, -0.25) is 4.79 Å². The highest BCUT2D eigenvalue weighted by Gasteiger charge is 1.96. The van der Waals surface area contributed by atoms with Gasteiger partial charge in [0.05, 0.1) is 0 Å². The zero-order valence-corrected chi connectivity index (χ0v) is 13.0. The van der Waals surface area contributed by atoms with Crippen LogP contribution in [-0.2, 0) is 4.79 Å². The maximum absolute atomic E-state index is 11.7. The van der Waals surface area contributed by atoms with Crippen molar-refractivity contribution < 1.29 is 4.79 Å². The van der Waals surface area contributed by atoms with Crippen molar-refractivity contribution in [2.75, 3.05) is 12.3 Å². The van der Waals surface area contributed by atoms with Crippen LogP contribution in [0.15, 0.2) is 65.6 Å². The van der Waals surface area contributed by atoms with Gasteiger partial charge in [0.1, 0.15) is 0 Å². The Morgan fingerprint density at radius 3 is 2.71 bits per heavy atom. The Morgan fingerprint density at radius 1 is 1.14 bits per heavy atom. The summed E-state index contributed by atoms with van der Waals surface area (Å²) in [7, 11) is 0. The largest absolute Gasteiger partial charge is 0.352 e. The molecule has 0 aliphatic carbocycles. The molecule has 0 heterocycles. The van der Waals surface area contributed by atoms with Crippen LogP contribution in [0, 0.1) is 0 Å². The molecule has 2 aromatic carbocycles. The van der Waals surface area contributed by atoms with E-state index in [0.717, 1.165) is 11.3 Å². The number of amides is 1. The van der Waals surface area contributed by atoms with Crippen LogP contribution in [0.2, 0.25) is 5.02 Å². The third-order valence-corrected chi connectivity index (χ3v) is 3.94. The predicted molar refractivity (Wildman–Crippen MR) is 90.7 cm³/mol. The van der Waals surface area contributed by atoms with E-state index < -0.39 is 0 Å². The number of benzene rings is 2. The summed E-state index contributed by atoms with van der Waals surface area (Å²) in [5.41, 5.74) is 0.913. The van der Waals surface area contributed by atoms with Gasteiger partial charge in [0, 0.05) is 28.3 Å². The monoisotopic (exact) mass is 317 g/mol. The van der Waals surface area contributed by atoms with E-state index in [4.69, 9.17) is 11.6 Å². The summed E-state index contributed by atoms with van der Waals surface area (Å²) in [6.07, 6.45) is 3.28. The number of carbonyl (C=O) groups excluding carboxylic acids is 1. The van der Waals surface area contributed by atoms with E-state index in [1.807, 2.05) is 36.4 Å². The molecule has 0 fully saturated rings. The van der Waals surface area contributed by atoms with Crippen LogP contribution in [0.5, 0.6) is 0 Å². The summed E-state index contributed by atoms with van der Waals surface area (Å²) in [6, 6.07) is 17.5. The lowest BCUT2D eigenvalue weighted by atomic mass is 10.2. The lowest BCUT2D eigenvalue weighted by Gasteiger charge is -2.02. The molecule has 21 heavy (non-hydrogen) atoms. The second-order valence-electron chi connectivity index (χ2n) is 4.34. The van der Waals surface area contributed by atoms with Gasteiger partial charge in [-0.2, -0.15) is 0 Å². The van der Waals surface area contributed by atoms with Gasteiger partial charge < -0.3 is 5.32 Å². The van der Waals surface area contributed by atoms with Crippen molar-refractivity contribution in [1.82, 2.24) is 5.32 Å². The van der Waals surface area contributed by atoms with E-state index in [1.54, 1.807) is 23.9 Å². The molecule has 0 bridgehead atoms. The molecule has 0 saturated carbocycles. The fraction of sp³-hybridized carbons (Fsp3) is 0.118. The first kappa shape index (κ1) is 15.7. The molecular weight excluding hydrogens is 302 g/mol. The molecule has 4 heteroatoms. The summed E-state index contributed by atoms with van der Waals surface area (Å²) in [6.45, 7) is 0.637. The number of halogens is 1. The minimum Gasteiger partial charge on any atom is -0.352 e. The van der Waals surface area contributed by atoms with Crippen molar-refractivity contribution in [1.29, 1.82) is 0 Å². The summed E-state index contributed by atoms with van der Waals surface area (Å²) < 4.78 is 0. The SMILES string of the molecule is O=C(/C=C/c1cccc(Cl)c1)NCCSc1ccccc1. The smallest absolute Gasteiger partial charge is 0.244 e. The Balaban J connectivity index is 1.70. The Morgan fingerprint density at radius 2 is 1.95 bits per heavy atom. The predicted octanol–water partition coefficient (Wildman–Crippen LogP) is 4.26. The molecule has 2 rings (SSSR count). The second-order valence-corrected chi connectivity index (χ2v) is 5.95. The summed E-state index contributed by atoms with van der Waals surface area (Å²) >= 11 is 7.61. The molecule has 0 saturated heterocycles. The van der Waals surface area contributed by atoms with Gasteiger partial charge in [-0.15, -0.1) is 11.8 Å². The molecule has 108 valence electrons. The molecule has 0 aliphatic rings. The van der Waals surface area contributed by atoms with Crippen molar-refractivity contribution in [3.63, 3.8) is 0 Å². The normalized spacial score (nSPS) is 10.7. The van der Waals surface area contributed by atoms with Crippen molar-refractivity contribution in [3.05, 3.63) is 71.3 Å². The van der Waals surface area contributed by atoms with Crippen LogP contribution in [0.4, 0.5) is 0 Å². The number of carbonyl (C=O) groups is 1. The van der Waals surface area contributed by atoms with Crippen LogP contribution < -0.4 is 5.32 Å². The van der Waals surface area contributed by atoms with E-state index >= 15 is 0 Å². The number of thioether (sulfide) groups is 1. The van der Waals surface area contributed by atoms with Crippen LogP contribution in [-0.4, -0.2) is 18.2 Å². The van der Waals surface area contributed by atoms with Gasteiger partial charge in [0.15, 0.2) is 0 Å². The van der Waals surface area contributed by atoms with Gasteiger partial charge in [-0.05, 0) is 35.9 Å². The second kappa shape index (κ2) is 8.55. The van der Waals surface area contributed by atoms with Crippen molar-refractivity contribution in [2.45, 2.75) is 4.90 Å². The molecular formula is C17H16ClNOS. The quantitative estimate of drug-likeness (QED) is 0.490. The topological polar surface area (TPSA) is 29.1 Å². The first-order valence-corrected chi connectivity index (χ1v) is 8.00. The number of hydrogen-bond acceptors (Lipinski definition) is 2. The third-order valence-electron chi connectivity index (χ3n) is 2.69. The van der Waals surface area contributed by atoms with Gasteiger partial charge in [0.2, 0.25) is 5.91 Å². The van der Waals surface area contributed by atoms with Gasteiger partial charge in [0.25, 0.3) is 0 Å². The average molecular weight is 318 g/mol. The zero-order valence-electron chi connectivity index (χ0n) is 11.5. The molecule has 0 atom stereocenters. The standard InChI is InChI=1S/C17H16ClNOS/c18-15-6-4-5-14(13-15)9-10-17(20)19-11-12-21-16-7-2-1-3-8-16/h1-10,13H,11-12H2,(H,19,20)/b10-9+. The van der Waals surface area contributed by atoms with Crippen molar-refractivity contribution in [2.24, 2.45) is 0 Å². The zero-order chi connectivity index (χ0) is 14.9. The Bertz CT molecular complexity index is 613. The maximum Gasteiger partial charge on any atom is 0.244 e. The highest BCUT2D eigenvalue weighted by molar-refractivity contribution is 7.99. The lowest BCUT2D eigenvalue weighted by molar-refractivity contribution is -0.116. The maximum atomic E-state index is 11.7. The fourth-order valence-electron chi connectivity index (χ4n) is 1.70. The molecule has 1 amide bonds. The van der Waals surface area contributed by atoms with Crippen LogP contribution in [0.25, 0.3) is 6.08 Å². The van der Waals surface area contributed by atoms with Crippen molar-refractivity contribution in [3.8, 4) is 0 Å². The van der Waals surface area contributed by atoms with E-state index in [2.05, 4.69) is 17.4 Å². The number of hydrogen-bond donors (Lipinski definition) is 1. The first-order valence-electron chi connectivity index (χ1n) is 6.63. The van der Waals surface area contributed by atoms with E-state index in [1.165, 1.54) is 11.0 Å². The minimum atomic E-state index is -0.0939. The molecule has 0 aromatic heterocycles. The van der Waals surface area contributed by atoms with E-state index in [0.29, 0.717) is 11.6 Å². The minimum absolute atomic E-state index is 0.0939. The lowest BCUT2D eigenvalue weighted by Crippen LogP contribution is -2.23. The van der Waals surface area contributed by atoms with Gasteiger partial charge >= 0.3 is 0 Å². The highest BCUT2D eigenvalue weighted by atomic mass is 35.5. The fourth-order valence-corrected chi connectivity index (χ4v) is 2.69. The summed E-state index contributed by atoms with van der Waals surface area (Å²) in [5.74, 6) is 0.754. The number of nitrogens with one attached hydrogen (secondary N) is 1. The Labute approximate surface area is 134 Å². The van der Waals surface area contributed by atoms with Crippen LogP contribution >= 0.6 is 23.4 Å². The molecule has 2 aromatic rings. The summed E-state index contributed by atoms with van der Waals surface area (Å²) in [4.78, 5) is 12.9. The molecule has 0 aliphatic heterocycles. The van der Waals surface area contributed by atoms with Gasteiger partial charge in [-0.1, -0.05) is 41.9 Å². The third kappa shape index (κ3) is 6.06. The highest BCUT2D eigenvalue weighted by Crippen LogP contribution is 2.15. The van der Waals surface area contributed by atoms with Crippen molar-refractivity contribution >= 4 is 35.3 Å². The molecule has 0 spiro atoms. The van der Waals surface area contributed by atoms with E-state index in [-0.39, 0.29) is 5.91 Å². The average Bonchev–Trinajstić information content (AvgIpc) is 2.51. The molecule has 2 nitrogen and oxygen atoms in total. The van der Waals surface area contributed by atoms with Crippen LogP contribution in [0.3, 0.4) is 0 Å². The Kier molecular flexibility index (Phi) is 6.38. The molecule has 1 N–H and O–H groups in total. The molecule has 0 unspecified atom stereocenters. The summed E-state index contributed by atoms with van der Waals surface area (Å²) in [5, 5.41) is 3.52.